The van der Waals surface area contributed by atoms with E-state index in [4.69, 9.17) is 22.3 Å². The third-order valence-electron chi connectivity index (χ3n) is 6.12. The molecule has 3 aromatic rings. The minimum absolute atomic E-state index is 0.172. The van der Waals surface area contributed by atoms with Crippen molar-refractivity contribution in [1.82, 2.24) is 19.6 Å². The molecule has 3 heterocycles. The molecule has 0 atom stereocenters. The van der Waals surface area contributed by atoms with Crippen LogP contribution in [0, 0.1) is 5.92 Å². The Kier molecular flexibility index (Phi) is 6.78. The first-order chi connectivity index (χ1) is 15.1. The number of halogens is 1. The number of nitrogens with two attached hydrogens (primary N) is 1. The first-order valence-corrected chi connectivity index (χ1v) is 11.5. The van der Waals surface area contributed by atoms with Crippen LogP contribution in [0.4, 0.5) is 5.82 Å². The molecule has 3 N–H and O–H groups in total. The summed E-state index contributed by atoms with van der Waals surface area (Å²) in [5.74, 6) is 0.638. The second kappa shape index (κ2) is 9.71. The lowest BCUT2D eigenvalue weighted by Crippen LogP contribution is -2.39. The fraction of sp³-hybridized carbons (Fsp3) is 0.417. The molecule has 6 nitrogen and oxygen atoms in total. The minimum Gasteiger partial charge on any atom is -0.384 e. The van der Waals surface area contributed by atoms with E-state index in [1.165, 1.54) is 19.4 Å². The highest BCUT2D eigenvalue weighted by atomic mass is 35.5. The van der Waals surface area contributed by atoms with E-state index in [9.17, 15) is 4.79 Å². The van der Waals surface area contributed by atoms with Gasteiger partial charge in [0.05, 0.1) is 5.02 Å². The van der Waals surface area contributed by atoms with Gasteiger partial charge < -0.3 is 16.0 Å². The lowest BCUT2D eigenvalue weighted by atomic mass is 9.96. The quantitative estimate of drug-likeness (QED) is 0.569. The summed E-state index contributed by atoms with van der Waals surface area (Å²) in [5, 5.41) is 3.55. The zero-order valence-electron chi connectivity index (χ0n) is 18.0. The van der Waals surface area contributed by atoms with Crippen molar-refractivity contribution in [3.8, 4) is 11.3 Å². The number of fused-ring (bicyclic) bond motifs is 1. The van der Waals surface area contributed by atoms with Gasteiger partial charge in [-0.25, -0.2) is 4.98 Å². The Hall–Kier alpha value is -2.57. The summed E-state index contributed by atoms with van der Waals surface area (Å²) in [4.78, 5) is 20.6. The number of carbonyl (C=O) groups excluding carboxylic acids is 1. The van der Waals surface area contributed by atoms with E-state index in [1.54, 1.807) is 16.5 Å². The summed E-state index contributed by atoms with van der Waals surface area (Å²) in [6.45, 7) is 6.27. The number of pyridine rings is 1. The zero-order valence-corrected chi connectivity index (χ0v) is 18.7. The monoisotopic (exact) mass is 439 g/mol. The van der Waals surface area contributed by atoms with Crippen LogP contribution in [0.3, 0.4) is 0 Å². The third-order valence-corrected chi connectivity index (χ3v) is 6.44. The molecule has 1 amide bonds. The fourth-order valence-electron chi connectivity index (χ4n) is 4.26. The van der Waals surface area contributed by atoms with Crippen molar-refractivity contribution in [1.29, 1.82) is 0 Å². The van der Waals surface area contributed by atoms with Gasteiger partial charge in [0.1, 0.15) is 22.9 Å². The Morgan fingerprint density at radius 3 is 2.65 bits per heavy atom. The number of carbonyl (C=O) groups is 1. The second-order valence-corrected chi connectivity index (χ2v) is 8.69. The number of likely N-dealkylation sites (tertiary alicyclic amines) is 1. The molecule has 1 aliphatic heterocycles. The predicted molar refractivity (Wildman–Crippen MR) is 126 cm³/mol. The zero-order chi connectivity index (χ0) is 21.8. The van der Waals surface area contributed by atoms with E-state index in [1.807, 2.05) is 30.3 Å². The number of benzene rings is 1. The van der Waals surface area contributed by atoms with Crippen molar-refractivity contribution in [3.05, 3.63) is 53.2 Å². The molecule has 2 aromatic heterocycles. The Bertz CT molecular complexity index is 1040. The lowest BCUT2D eigenvalue weighted by Gasteiger charge is -2.31. The van der Waals surface area contributed by atoms with Crippen LogP contribution in [-0.4, -0.2) is 46.4 Å². The molecule has 7 heteroatoms. The van der Waals surface area contributed by atoms with Crippen molar-refractivity contribution >= 4 is 29.0 Å². The molecule has 164 valence electrons. The van der Waals surface area contributed by atoms with Crippen molar-refractivity contribution in [3.63, 3.8) is 0 Å². The molecule has 0 bridgehead atoms. The molecule has 0 radical (unpaired) electrons. The first-order valence-electron chi connectivity index (χ1n) is 11.1. The molecule has 0 saturated carbocycles. The van der Waals surface area contributed by atoms with Gasteiger partial charge in [-0.05, 0) is 56.9 Å². The van der Waals surface area contributed by atoms with Gasteiger partial charge in [-0.15, -0.1) is 0 Å². The summed E-state index contributed by atoms with van der Waals surface area (Å²) < 4.78 is 1.66. The topological polar surface area (TPSA) is 75.7 Å². The van der Waals surface area contributed by atoms with Gasteiger partial charge in [0, 0.05) is 12.1 Å². The first kappa shape index (κ1) is 21.7. The van der Waals surface area contributed by atoms with Gasteiger partial charge in [-0.3, -0.25) is 9.20 Å². The number of rotatable bonds is 7. The van der Waals surface area contributed by atoms with Crippen LogP contribution in [-0.2, 0) is 0 Å². The number of anilines is 1. The molecule has 0 spiro atoms. The van der Waals surface area contributed by atoms with Crippen LogP contribution in [0.2, 0.25) is 5.02 Å². The molecular weight excluding hydrogens is 410 g/mol. The maximum absolute atomic E-state index is 13.3. The fourth-order valence-corrected chi connectivity index (χ4v) is 4.40. The Balaban J connectivity index is 1.54. The van der Waals surface area contributed by atoms with Gasteiger partial charge >= 0.3 is 0 Å². The number of piperidine rings is 1. The number of aromatic nitrogens is 2. The van der Waals surface area contributed by atoms with E-state index in [-0.39, 0.29) is 5.91 Å². The van der Waals surface area contributed by atoms with Crippen LogP contribution >= 0.6 is 11.6 Å². The molecule has 1 aromatic carbocycles. The second-order valence-electron chi connectivity index (χ2n) is 8.28. The number of unbranched alkanes of at least 4 members (excludes halogenated alkanes) is 1. The van der Waals surface area contributed by atoms with Gasteiger partial charge in [0.2, 0.25) is 0 Å². The third kappa shape index (κ3) is 4.70. The molecule has 0 aliphatic carbocycles. The molecule has 1 fully saturated rings. The van der Waals surface area contributed by atoms with Crippen LogP contribution in [0.5, 0.6) is 0 Å². The standard InChI is InChI=1S/C24H30ClN5O/c1-2-3-13-29-14-11-17(12-15-29)16-27-24(31)22-21(18-7-5-4-6-8-18)28-20-10-9-19(25)23(26)30(20)22/h4-10,17H,2-3,11-16,26H2,1H3,(H,27,31). The summed E-state index contributed by atoms with van der Waals surface area (Å²) in [6, 6.07) is 13.2. The van der Waals surface area contributed by atoms with Gasteiger partial charge in [-0.2, -0.15) is 0 Å². The van der Waals surface area contributed by atoms with E-state index < -0.39 is 0 Å². The summed E-state index contributed by atoms with van der Waals surface area (Å²) in [5.41, 5.74) is 8.77. The largest absolute Gasteiger partial charge is 0.384 e. The van der Waals surface area contributed by atoms with Crippen molar-refractivity contribution in [2.24, 2.45) is 5.92 Å². The van der Waals surface area contributed by atoms with Gasteiger partial charge in [0.15, 0.2) is 0 Å². The highest BCUT2D eigenvalue weighted by molar-refractivity contribution is 6.33. The normalized spacial score (nSPS) is 15.4. The van der Waals surface area contributed by atoms with Crippen molar-refractivity contribution in [2.75, 3.05) is 31.9 Å². The SMILES string of the molecule is CCCCN1CCC(CNC(=O)c2c(-c3ccccc3)nc3ccc(Cl)c(N)n23)CC1. The van der Waals surface area contributed by atoms with E-state index in [2.05, 4.69) is 17.1 Å². The smallest absolute Gasteiger partial charge is 0.270 e. The summed E-state index contributed by atoms with van der Waals surface area (Å²) in [7, 11) is 0. The number of imidazole rings is 1. The molecule has 0 unspecified atom stereocenters. The average molecular weight is 440 g/mol. The summed E-state index contributed by atoms with van der Waals surface area (Å²) >= 11 is 6.26. The number of hydrogen-bond donors (Lipinski definition) is 2. The number of nitrogens with one attached hydrogen (secondary N) is 1. The average Bonchev–Trinajstić information content (AvgIpc) is 3.20. The summed E-state index contributed by atoms with van der Waals surface area (Å²) in [6.07, 6.45) is 4.70. The molecule has 31 heavy (non-hydrogen) atoms. The van der Waals surface area contributed by atoms with Crippen LogP contribution < -0.4 is 11.1 Å². The van der Waals surface area contributed by atoms with E-state index in [0.29, 0.717) is 40.3 Å². The number of hydrogen-bond acceptors (Lipinski definition) is 4. The van der Waals surface area contributed by atoms with Crippen LogP contribution in [0.25, 0.3) is 16.9 Å². The maximum atomic E-state index is 13.3. The highest BCUT2D eigenvalue weighted by Crippen LogP contribution is 2.29. The number of nitrogen functional groups attached to an aromatic ring is 1. The Labute approximate surface area is 188 Å². The minimum atomic E-state index is -0.172. The predicted octanol–water partition coefficient (Wildman–Crippen LogP) is 4.48. The molecule has 1 aliphatic rings. The Morgan fingerprint density at radius 2 is 1.94 bits per heavy atom. The molecule has 4 rings (SSSR count). The number of amides is 1. The van der Waals surface area contributed by atoms with E-state index >= 15 is 0 Å². The maximum Gasteiger partial charge on any atom is 0.270 e. The van der Waals surface area contributed by atoms with Gasteiger partial charge in [0.25, 0.3) is 5.91 Å². The van der Waals surface area contributed by atoms with Gasteiger partial charge in [-0.1, -0.05) is 55.3 Å². The van der Waals surface area contributed by atoms with Crippen LogP contribution in [0.1, 0.15) is 43.1 Å². The number of nitrogens with zero attached hydrogens (tertiary/aromatic N) is 3. The van der Waals surface area contributed by atoms with E-state index in [0.717, 1.165) is 31.5 Å². The lowest BCUT2D eigenvalue weighted by molar-refractivity contribution is 0.0931. The molecule has 1 saturated heterocycles. The van der Waals surface area contributed by atoms with Crippen molar-refractivity contribution < 1.29 is 4.79 Å². The molecular formula is C24H30ClN5O. The highest BCUT2D eigenvalue weighted by Gasteiger charge is 2.24. The Morgan fingerprint density at radius 1 is 1.19 bits per heavy atom. The van der Waals surface area contributed by atoms with Crippen molar-refractivity contribution in [2.45, 2.75) is 32.6 Å². The van der Waals surface area contributed by atoms with Crippen LogP contribution in [0.15, 0.2) is 42.5 Å².